The van der Waals surface area contributed by atoms with Crippen LogP contribution in [0.2, 0.25) is 5.02 Å². The van der Waals surface area contributed by atoms with E-state index in [0.717, 1.165) is 5.32 Å². The van der Waals surface area contributed by atoms with Crippen molar-refractivity contribution in [1.82, 2.24) is 26.3 Å². The van der Waals surface area contributed by atoms with Crippen LogP contribution in [0.15, 0.2) is 79.1 Å². The van der Waals surface area contributed by atoms with E-state index in [1.807, 2.05) is 0 Å². The molecule has 0 saturated heterocycles. The number of aromatic nitrogens is 1. The van der Waals surface area contributed by atoms with Crippen LogP contribution >= 0.6 is 11.6 Å². The molecule has 4 N–H and O–H groups in total. The third-order valence-corrected chi connectivity index (χ3v) is 7.10. The average molecular weight is 696 g/mol. The van der Waals surface area contributed by atoms with Gasteiger partial charge in [0.15, 0.2) is 0 Å². The number of rotatable bonds is 14. The van der Waals surface area contributed by atoms with E-state index in [1.54, 1.807) is 30.3 Å². The molecular weight excluding hydrogens is 665 g/mol. The quantitative estimate of drug-likeness (QED) is 0.148. The highest BCUT2D eigenvalue weighted by molar-refractivity contribution is 6.30. The summed E-state index contributed by atoms with van der Waals surface area (Å²) in [5, 5.41) is 8.54. The fraction of sp³-hybridized carbons (Fsp3) is 0.312. The van der Waals surface area contributed by atoms with Gasteiger partial charge in [-0.1, -0.05) is 67.9 Å². The number of halogens is 6. The normalized spacial score (nSPS) is 13.5. The summed E-state index contributed by atoms with van der Waals surface area (Å²) in [7, 11) is 0. The summed E-state index contributed by atoms with van der Waals surface area (Å²) in [6, 6.07) is 11.7. The molecule has 256 valence electrons. The number of nitrogens with zero attached hydrogens (tertiary/aromatic N) is 1. The van der Waals surface area contributed by atoms with Crippen LogP contribution in [0.5, 0.6) is 0 Å². The molecule has 3 rings (SSSR count). The third-order valence-electron chi connectivity index (χ3n) is 6.87. The predicted octanol–water partition coefficient (Wildman–Crippen LogP) is 3.96. The Morgan fingerprint density at radius 2 is 1.46 bits per heavy atom. The highest BCUT2D eigenvalue weighted by Crippen LogP contribution is 2.23. The molecule has 16 heteroatoms. The molecule has 48 heavy (non-hydrogen) atoms. The van der Waals surface area contributed by atoms with Crippen LogP contribution < -0.4 is 21.3 Å². The molecule has 4 amide bonds. The van der Waals surface area contributed by atoms with Crippen LogP contribution in [0.3, 0.4) is 0 Å². The van der Waals surface area contributed by atoms with Crippen molar-refractivity contribution in [3.05, 3.63) is 101 Å². The van der Waals surface area contributed by atoms with Crippen LogP contribution in [0, 0.1) is 5.92 Å². The first kappa shape index (κ1) is 37.5. The Morgan fingerprint density at radius 3 is 2.04 bits per heavy atom. The van der Waals surface area contributed by atoms with Gasteiger partial charge in [-0.3, -0.25) is 29.0 Å². The third kappa shape index (κ3) is 10.6. The highest BCUT2D eigenvalue weighted by atomic mass is 35.5. The summed E-state index contributed by atoms with van der Waals surface area (Å²) in [5.41, 5.74) is 0.856. The Morgan fingerprint density at radius 1 is 0.812 bits per heavy atom. The van der Waals surface area contributed by atoms with Crippen molar-refractivity contribution in [1.29, 1.82) is 0 Å². The lowest BCUT2D eigenvalue weighted by Crippen LogP contribution is -2.58. The molecule has 0 aliphatic rings. The van der Waals surface area contributed by atoms with E-state index in [-0.39, 0.29) is 17.5 Å². The first-order valence-electron chi connectivity index (χ1n) is 14.4. The summed E-state index contributed by atoms with van der Waals surface area (Å²) in [6.07, 6.45) is -2.39. The van der Waals surface area contributed by atoms with Gasteiger partial charge < -0.3 is 21.3 Å². The predicted molar refractivity (Wildman–Crippen MR) is 164 cm³/mol. The SMILES string of the molecule is CC(C)[C@H](NC(=O)C(NC(=O)C(Cc1cccc(Cl)c1)NC(=O)c1ccncc1)c1ccccc1)C(=O)C(F)(F)C(=O)NCC(F)(F)F. The number of benzene rings is 2. The van der Waals surface area contributed by atoms with Crippen molar-refractivity contribution >= 4 is 41.0 Å². The van der Waals surface area contributed by atoms with Gasteiger partial charge in [0, 0.05) is 29.4 Å². The summed E-state index contributed by atoms with van der Waals surface area (Å²) in [6.45, 7) is 0.417. The monoisotopic (exact) mass is 695 g/mol. The van der Waals surface area contributed by atoms with Gasteiger partial charge in [-0.25, -0.2) is 0 Å². The number of amides is 4. The number of carbonyl (C=O) groups excluding carboxylic acids is 5. The van der Waals surface area contributed by atoms with Gasteiger partial charge in [-0.05, 0) is 41.3 Å². The number of Topliss-reactive ketones (excluding diaryl/α,β-unsaturated/α-hetero) is 1. The molecule has 0 fully saturated rings. The van der Waals surface area contributed by atoms with E-state index in [9.17, 15) is 45.9 Å². The second-order valence-corrected chi connectivity index (χ2v) is 11.4. The van der Waals surface area contributed by atoms with Gasteiger partial charge in [0.2, 0.25) is 17.6 Å². The number of ketones is 1. The van der Waals surface area contributed by atoms with Crippen molar-refractivity contribution in [2.24, 2.45) is 5.92 Å². The second-order valence-electron chi connectivity index (χ2n) is 10.9. The van der Waals surface area contributed by atoms with E-state index in [2.05, 4.69) is 20.9 Å². The lowest BCUT2D eigenvalue weighted by Gasteiger charge is -2.28. The number of pyridine rings is 1. The minimum absolute atomic E-state index is 0.0985. The second kappa shape index (κ2) is 16.3. The minimum Gasteiger partial charge on any atom is -0.344 e. The first-order valence-corrected chi connectivity index (χ1v) is 14.8. The molecule has 10 nitrogen and oxygen atoms in total. The van der Waals surface area contributed by atoms with E-state index in [4.69, 9.17) is 11.6 Å². The van der Waals surface area contributed by atoms with Gasteiger partial charge in [0.25, 0.3) is 11.8 Å². The maximum absolute atomic E-state index is 14.8. The Balaban J connectivity index is 1.90. The molecule has 3 atom stereocenters. The summed E-state index contributed by atoms with van der Waals surface area (Å²) in [5.74, 6) is -13.4. The molecular formula is C32H31ClF5N5O5. The van der Waals surface area contributed by atoms with Crippen molar-refractivity contribution in [3.8, 4) is 0 Å². The molecule has 0 aliphatic heterocycles. The fourth-order valence-electron chi connectivity index (χ4n) is 4.41. The number of nitrogens with one attached hydrogen (secondary N) is 4. The summed E-state index contributed by atoms with van der Waals surface area (Å²) in [4.78, 5) is 69.0. The maximum atomic E-state index is 14.8. The minimum atomic E-state index is -5.02. The summed E-state index contributed by atoms with van der Waals surface area (Å²) < 4.78 is 67.1. The lowest BCUT2D eigenvalue weighted by atomic mass is 9.94. The highest BCUT2D eigenvalue weighted by Gasteiger charge is 2.52. The van der Waals surface area contributed by atoms with Gasteiger partial charge in [0.05, 0.1) is 6.04 Å². The molecule has 2 unspecified atom stereocenters. The van der Waals surface area contributed by atoms with Crippen LogP contribution in [0.1, 0.15) is 41.4 Å². The molecule has 0 aliphatic carbocycles. The molecule has 0 spiro atoms. The molecule has 3 aromatic rings. The Hall–Kier alpha value is -4.92. The molecule has 1 aromatic heterocycles. The zero-order chi connectivity index (χ0) is 35.6. The van der Waals surface area contributed by atoms with Crippen molar-refractivity contribution in [3.63, 3.8) is 0 Å². The largest absolute Gasteiger partial charge is 0.405 e. The van der Waals surface area contributed by atoms with Crippen LogP contribution in [-0.4, -0.2) is 65.1 Å². The summed E-state index contributed by atoms with van der Waals surface area (Å²) >= 11 is 6.10. The molecule has 0 saturated carbocycles. The smallest absolute Gasteiger partial charge is 0.344 e. The number of hydrogen-bond acceptors (Lipinski definition) is 6. The Labute approximate surface area is 276 Å². The average Bonchev–Trinajstić information content (AvgIpc) is 3.04. The van der Waals surface area contributed by atoms with E-state index in [0.29, 0.717) is 10.6 Å². The van der Waals surface area contributed by atoms with E-state index in [1.165, 1.54) is 62.6 Å². The van der Waals surface area contributed by atoms with Crippen LogP contribution in [0.4, 0.5) is 22.0 Å². The number of alkyl halides is 5. The van der Waals surface area contributed by atoms with Crippen LogP contribution in [-0.2, 0) is 25.6 Å². The topological polar surface area (TPSA) is 146 Å². The maximum Gasteiger partial charge on any atom is 0.405 e. The van der Waals surface area contributed by atoms with Crippen molar-refractivity contribution in [2.45, 2.75) is 50.5 Å². The first-order chi connectivity index (χ1) is 22.5. The molecule has 0 radical (unpaired) electrons. The van der Waals surface area contributed by atoms with Crippen LogP contribution in [0.25, 0.3) is 0 Å². The lowest BCUT2D eigenvalue weighted by molar-refractivity contribution is -0.165. The van der Waals surface area contributed by atoms with Gasteiger partial charge in [0.1, 0.15) is 18.6 Å². The van der Waals surface area contributed by atoms with Gasteiger partial charge in [-0.2, -0.15) is 22.0 Å². The zero-order valence-electron chi connectivity index (χ0n) is 25.5. The molecule has 1 heterocycles. The zero-order valence-corrected chi connectivity index (χ0v) is 26.2. The van der Waals surface area contributed by atoms with Gasteiger partial charge in [-0.15, -0.1) is 0 Å². The van der Waals surface area contributed by atoms with E-state index < -0.39 is 72.1 Å². The fourth-order valence-corrected chi connectivity index (χ4v) is 4.63. The van der Waals surface area contributed by atoms with Crippen molar-refractivity contribution < 1.29 is 45.9 Å². The Bertz CT molecular complexity index is 1610. The Kier molecular flexibility index (Phi) is 12.7. The van der Waals surface area contributed by atoms with E-state index >= 15 is 0 Å². The van der Waals surface area contributed by atoms with Crippen molar-refractivity contribution in [2.75, 3.05) is 6.54 Å². The van der Waals surface area contributed by atoms with Gasteiger partial charge >= 0.3 is 12.1 Å². The molecule has 2 aromatic carbocycles. The number of carbonyl (C=O) groups is 5. The molecule has 0 bridgehead atoms. The standard InChI is InChI=1S/C32H31ClF5N5O5/c1-18(2)24(26(44)32(37,38)30(48)40-17-31(34,35)36)42-29(47)25(20-8-4-3-5-9-20)43-28(46)23(16-19-7-6-10-22(33)15-19)41-27(45)21-11-13-39-14-12-21/h3-15,18,23-25H,16-17H2,1-2H3,(H,40,48)(H,41,45)(H,42,47)(H,43,46)/t23?,24-,25?/m0/s1. The number of hydrogen-bond donors (Lipinski definition) is 4.